The molecule has 0 aliphatic carbocycles. The highest BCUT2D eigenvalue weighted by Gasteiger charge is 2.19. The molecule has 0 fully saturated rings. The Hall–Kier alpha value is -3.90. The second kappa shape index (κ2) is 7.82. The summed E-state index contributed by atoms with van der Waals surface area (Å²) in [5.74, 6) is 0. The van der Waals surface area contributed by atoms with Crippen molar-refractivity contribution >= 4 is 65.9 Å². The first-order valence-corrected chi connectivity index (χ1v) is 12.4. The van der Waals surface area contributed by atoms with Crippen LogP contribution in [0.2, 0.25) is 0 Å². The first kappa shape index (κ1) is 20.5. The fourth-order valence-electron chi connectivity index (χ4n) is 5.26. The van der Waals surface area contributed by atoms with Gasteiger partial charge in [0, 0.05) is 36.6 Å². The monoisotopic (exact) mass is 469 g/mol. The van der Waals surface area contributed by atoms with Crippen molar-refractivity contribution in [3.63, 3.8) is 0 Å². The Labute approximate surface area is 206 Å². The number of fused-ring (bicyclic) bond motifs is 6. The van der Waals surface area contributed by atoms with Crippen molar-refractivity contribution in [2.45, 2.75) is 0 Å². The van der Waals surface area contributed by atoms with Crippen molar-refractivity contribution in [3.05, 3.63) is 109 Å². The van der Waals surface area contributed by atoms with Gasteiger partial charge in [0.05, 0.1) is 11.0 Å². The van der Waals surface area contributed by atoms with Gasteiger partial charge in [-0.1, -0.05) is 60.7 Å². The van der Waals surface area contributed by atoms with Gasteiger partial charge < -0.3 is 14.6 Å². The molecule has 0 unspecified atom stereocenters. The van der Waals surface area contributed by atoms with Crippen molar-refractivity contribution in [1.29, 1.82) is 0 Å². The van der Waals surface area contributed by atoms with E-state index in [-0.39, 0.29) is 0 Å². The highest BCUT2D eigenvalue weighted by molar-refractivity contribution is 7.26. The summed E-state index contributed by atoms with van der Waals surface area (Å²) < 4.78 is 4.52. The molecule has 2 aromatic heterocycles. The molecule has 0 saturated carbocycles. The van der Waals surface area contributed by atoms with Gasteiger partial charge in [0.25, 0.3) is 0 Å². The van der Waals surface area contributed by atoms with Crippen LogP contribution in [0.25, 0.3) is 58.8 Å². The Morgan fingerprint density at radius 3 is 2.11 bits per heavy atom. The zero-order valence-corrected chi connectivity index (χ0v) is 19.5. The van der Waals surface area contributed by atoms with Gasteiger partial charge in [-0.25, -0.2) is 0 Å². The predicted octanol–water partition coefficient (Wildman–Crippen LogP) is 6.50. The van der Waals surface area contributed by atoms with Crippen LogP contribution < -0.4 is 5.46 Å². The lowest BCUT2D eigenvalue weighted by Gasteiger charge is -2.08. The fourth-order valence-corrected chi connectivity index (χ4v) is 6.38. The first-order chi connectivity index (χ1) is 17.2. The van der Waals surface area contributed by atoms with E-state index in [1.807, 2.05) is 18.2 Å². The van der Waals surface area contributed by atoms with Gasteiger partial charge in [-0.05, 0) is 65.1 Å². The molecule has 0 aliphatic heterocycles. The van der Waals surface area contributed by atoms with Crippen molar-refractivity contribution in [3.8, 4) is 16.8 Å². The number of hydrogen-bond acceptors (Lipinski definition) is 3. The standard InChI is InChI=1S/C30H20BNO2S/c33-31(34)25-10-6-12-29-30(25)24-18-20(14-16-28(24)35-29)19-13-15-27-23(17-19)22-9-4-5-11-26(22)32(27)21-7-2-1-3-8-21/h1-18,33-34H. The summed E-state index contributed by atoms with van der Waals surface area (Å²) in [4.78, 5) is 0. The predicted molar refractivity (Wildman–Crippen MR) is 149 cm³/mol. The zero-order chi connectivity index (χ0) is 23.5. The Bertz CT molecular complexity index is 1890. The van der Waals surface area contributed by atoms with Crippen LogP contribution in [0.1, 0.15) is 0 Å². The van der Waals surface area contributed by atoms with Gasteiger partial charge in [0.1, 0.15) is 0 Å². The lowest BCUT2D eigenvalue weighted by Crippen LogP contribution is -2.30. The van der Waals surface area contributed by atoms with E-state index >= 15 is 0 Å². The van der Waals surface area contributed by atoms with Crippen molar-refractivity contribution in [1.82, 2.24) is 4.57 Å². The Balaban J connectivity index is 1.47. The van der Waals surface area contributed by atoms with Gasteiger partial charge in [-0.2, -0.15) is 0 Å². The molecule has 35 heavy (non-hydrogen) atoms. The van der Waals surface area contributed by atoms with Gasteiger partial charge in [0.2, 0.25) is 0 Å². The number of rotatable bonds is 3. The Morgan fingerprint density at radius 1 is 0.571 bits per heavy atom. The summed E-state index contributed by atoms with van der Waals surface area (Å²) >= 11 is 1.68. The summed E-state index contributed by atoms with van der Waals surface area (Å²) in [7, 11) is -1.50. The molecule has 7 rings (SSSR count). The minimum Gasteiger partial charge on any atom is -0.423 e. The van der Waals surface area contributed by atoms with E-state index in [1.165, 1.54) is 21.8 Å². The molecule has 5 heteroatoms. The summed E-state index contributed by atoms with van der Waals surface area (Å²) in [6.07, 6.45) is 0. The molecule has 0 radical (unpaired) electrons. The Morgan fingerprint density at radius 2 is 1.29 bits per heavy atom. The van der Waals surface area contributed by atoms with Crippen LogP contribution in [0.15, 0.2) is 109 Å². The number of hydrogen-bond donors (Lipinski definition) is 2. The first-order valence-electron chi connectivity index (χ1n) is 11.6. The minimum atomic E-state index is -1.50. The highest BCUT2D eigenvalue weighted by atomic mass is 32.1. The smallest absolute Gasteiger partial charge is 0.423 e. The van der Waals surface area contributed by atoms with Crippen molar-refractivity contribution < 1.29 is 10.0 Å². The molecule has 7 aromatic rings. The van der Waals surface area contributed by atoms with Crippen LogP contribution in [0.5, 0.6) is 0 Å². The fraction of sp³-hybridized carbons (Fsp3) is 0. The maximum atomic E-state index is 9.96. The molecule has 0 bridgehead atoms. The van der Waals surface area contributed by atoms with E-state index in [2.05, 4.69) is 89.5 Å². The summed E-state index contributed by atoms with van der Waals surface area (Å²) in [5.41, 5.74) is 6.30. The second-order valence-corrected chi connectivity index (χ2v) is 9.91. The molecule has 0 aliphatic rings. The number of benzene rings is 5. The molecule has 0 atom stereocenters. The zero-order valence-electron chi connectivity index (χ0n) is 18.7. The van der Waals surface area contributed by atoms with E-state index in [9.17, 15) is 10.0 Å². The van der Waals surface area contributed by atoms with Crippen molar-refractivity contribution in [2.24, 2.45) is 0 Å². The van der Waals surface area contributed by atoms with Gasteiger partial charge >= 0.3 is 7.12 Å². The van der Waals surface area contributed by atoms with Gasteiger partial charge in [-0.15, -0.1) is 11.3 Å². The number of thiophene rings is 1. The third-order valence-corrected chi connectivity index (χ3v) is 7.96. The van der Waals surface area contributed by atoms with E-state index in [1.54, 1.807) is 17.4 Å². The third kappa shape index (κ3) is 3.13. The van der Waals surface area contributed by atoms with Gasteiger partial charge in [-0.3, -0.25) is 0 Å². The van der Waals surface area contributed by atoms with E-state index in [4.69, 9.17) is 0 Å². The maximum absolute atomic E-state index is 9.96. The van der Waals surface area contributed by atoms with Gasteiger partial charge in [0.15, 0.2) is 0 Å². The molecule has 2 heterocycles. The number of nitrogens with zero attached hydrogens (tertiary/aromatic N) is 1. The normalized spacial score (nSPS) is 11.7. The van der Waals surface area contributed by atoms with Crippen molar-refractivity contribution in [2.75, 3.05) is 0 Å². The molecule has 0 spiro atoms. The largest absolute Gasteiger partial charge is 0.489 e. The average Bonchev–Trinajstić information content (AvgIpc) is 3.44. The minimum absolute atomic E-state index is 0.548. The molecule has 3 nitrogen and oxygen atoms in total. The molecule has 5 aromatic carbocycles. The maximum Gasteiger partial charge on any atom is 0.489 e. The topological polar surface area (TPSA) is 45.4 Å². The van der Waals surface area contributed by atoms with E-state index < -0.39 is 7.12 Å². The quantitative estimate of drug-likeness (QED) is 0.290. The summed E-state index contributed by atoms with van der Waals surface area (Å²) in [6.45, 7) is 0. The van der Waals surface area contributed by atoms with Crippen LogP contribution in [0, 0.1) is 0 Å². The second-order valence-electron chi connectivity index (χ2n) is 8.83. The molecular weight excluding hydrogens is 449 g/mol. The Kier molecular flexibility index (Phi) is 4.58. The lowest BCUT2D eigenvalue weighted by atomic mass is 9.77. The third-order valence-electron chi connectivity index (χ3n) is 6.83. The lowest BCUT2D eigenvalue weighted by molar-refractivity contribution is 0.426. The molecule has 2 N–H and O–H groups in total. The number of aromatic nitrogens is 1. The van der Waals surface area contributed by atoms with Crippen LogP contribution in [0.3, 0.4) is 0 Å². The van der Waals surface area contributed by atoms with Crippen LogP contribution in [-0.4, -0.2) is 21.7 Å². The van der Waals surface area contributed by atoms with E-state index in [0.29, 0.717) is 5.46 Å². The molecule has 0 amide bonds. The van der Waals surface area contributed by atoms with Crippen LogP contribution >= 0.6 is 11.3 Å². The highest BCUT2D eigenvalue weighted by Crippen LogP contribution is 2.38. The average molecular weight is 469 g/mol. The van der Waals surface area contributed by atoms with E-state index in [0.717, 1.165) is 37.0 Å². The molecule has 0 saturated heterocycles. The SMILES string of the molecule is OB(O)c1cccc2sc3ccc(-c4ccc5c(c4)c4ccccc4n5-c4ccccc4)cc3c12. The number of para-hydroxylation sites is 2. The van der Waals surface area contributed by atoms with Crippen LogP contribution in [-0.2, 0) is 0 Å². The summed E-state index contributed by atoms with van der Waals surface area (Å²) in [6, 6.07) is 37.8. The van der Waals surface area contributed by atoms with Crippen LogP contribution in [0.4, 0.5) is 0 Å². The molecule has 166 valence electrons. The molecular formula is C30H20BNO2S. The summed E-state index contributed by atoms with van der Waals surface area (Å²) in [5, 5.41) is 24.3.